The van der Waals surface area contributed by atoms with Crippen LogP contribution in [0.4, 0.5) is 11.8 Å². The van der Waals surface area contributed by atoms with Gasteiger partial charge in [-0.2, -0.15) is 15.3 Å². The van der Waals surface area contributed by atoms with Gasteiger partial charge in [0.2, 0.25) is 5.95 Å². The van der Waals surface area contributed by atoms with Gasteiger partial charge in [-0.15, -0.1) is 0 Å². The molecule has 25 heavy (non-hydrogen) atoms. The fraction of sp³-hybridized carbons (Fsp3) is 0.529. The van der Waals surface area contributed by atoms with Crippen molar-refractivity contribution in [1.29, 1.82) is 5.26 Å². The highest BCUT2D eigenvalue weighted by Gasteiger charge is 2.22. The Morgan fingerprint density at radius 2 is 1.96 bits per heavy atom. The number of rotatable bonds is 3. The lowest BCUT2D eigenvalue weighted by Gasteiger charge is -2.31. The summed E-state index contributed by atoms with van der Waals surface area (Å²) in [5.41, 5.74) is 2.57. The molecule has 4 heterocycles. The smallest absolute Gasteiger partial charge is 0.227 e. The van der Waals surface area contributed by atoms with E-state index in [2.05, 4.69) is 34.0 Å². The number of ether oxygens (including phenoxy) is 1. The maximum absolute atomic E-state index is 9.04. The summed E-state index contributed by atoms with van der Waals surface area (Å²) in [6.07, 6.45) is 0.872. The van der Waals surface area contributed by atoms with Gasteiger partial charge in [0.15, 0.2) is 5.69 Å². The Kier molecular flexibility index (Phi) is 4.24. The Morgan fingerprint density at radius 1 is 1.12 bits per heavy atom. The van der Waals surface area contributed by atoms with E-state index in [-0.39, 0.29) is 0 Å². The second-order valence-corrected chi connectivity index (χ2v) is 6.25. The zero-order chi connectivity index (χ0) is 17.2. The van der Waals surface area contributed by atoms with Gasteiger partial charge in [0.05, 0.1) is 32.0 Å². The molecular weight excluding hydrogens is 318 g/mol. The van der Waals surface area contributed by atoms with Crippen LogP contribution in [-0.4, -0.2) is 52.6 Å². The molecule has 0 saturated carbocycles. The summed E-state index contributed by atoms with van der Waals surface area (Å²) in [5.74, 6) is 1.73. The molecule has 2 aliphatic rings. The van der Waals surface area contributed by atoms with Crippen LogP contribution < -0.4 is 9.80 Å². The second kappa shape index (κ2) is 6.69. The first-order chi connectivity index (χ1) is 12.3. The maximum Gasteiger partial charge on any atom is 0.227 e. The molecule has 1 saturated heterocycles. The molecule has 0 aliphatic carbocycles. The normalized spacial score (nSPS) is 17.3. The van der Waals surface area contributed by atoms with E-state index in [1.54, 1.807) is 0 Å². The van der Waals surface area contributed by atoms with Crippen molar-refractivity contribution in [1.82, 2.24) is 19.7 Å². The van der Waals surface area contributed by atoms with Gasteiger partial charge < -0.3 is 14.5 Å². The summed E-state index contributed by atoms with van der Waals surface area (Å²) < 4.78 is 7.35. The van der Waals surface area contributed by atoms with Gasteiger partial charge >= 0.3 is 0 Å². The molecular formula is C17H21N7O. The molecule has 0 N–H and O–H groups in total. The zero-order valence-corrected chi connectivity index (χ0v) is 14.4. The van der Waals surface area contributed by atoms with Crippen LogP contribution in [-0.2, 0) is 24.2 Å². The van der Waals surface area contributed by atoms with E-state index in [9.17, 15) is 0 Å². The first-order valence-corrected chi connectivity index (χ1v) is 8.69. The third-order valence-corrected chi connectivity index (χ3v) is 4.65. The van der Waals surface area contributed by atoms with E-state index in [0.717, 1.165) is 69.0 Å². The predicted molar refractivity (Wildman–Crippen MR) is 92.4 cm³/mol. The van der Waals surface area contributed by atoms with Crippen molar-refractivity contribution in [2.24, 2.45) is 0 Å². The SMILES string of the molecule is CCc1cc(N2CCn3nc(C#N)cc3C2)nc(N2CCOCC2)n1. The van der Waals surface area contributed by atoms with Gasteiger partial charge in [0.1, 0.15) is 11.9 Å². The minimum atomic E-state index is 0.475. The van der Waals surface area contributed by atoms with Crippen LogP contribution in [0, 0.1) is 11.3 Å². The Morgan fingerprint density at radius 3 is 2.72 bits per heavy atom. The molecule has 8 nitrogen and oxygen atoms in total. The van der Waals surface area contributed by atoms with Crippen molar-refractivity contribution >= 4 is 11.8 Å². The molecule has 0 spiro atoms. The molecule has 0 atom stereocenters. The number of hydrogen-bond acceptors (Lipinski definition) is 7. The Bertz CT molecular complexity index is 804. The molecule has 0 unspecified atom stereocenters. The first kappa shape index (κ1) is 15.8. The quantitative estimate of drug-likeness (QED) is 0.824. The van der Waals surface area contributed by atoms with E-state index >= 15 is 0 Å². The summed E-state index contributed by atoms with van der Waals surface area (Å²) in [6, 6.07) is 6.04. The van der Waals surface area contributed by atoms with Gasteiger partial charge in [-0.1, -0.05) is 6.92 Å². The van der Waals surface area contributed by atoms with E-state index < -0.39 is 0 Å². The van der Waals surface area contributed by atoms with Gasteiger partial charge in [-0.25, -0.2) is 4.98 Å². The predicted octanol–water partition coefficient (Wildman–Crippen LogP) is 0.964. The third-order valence-electron chi connectivity index (χ3n) is 4.65. The van der Waals surface area contributed by atoms with Crippen molar-refractivity contribution in [3.05, 3.63) is 29.2 Å². The highest BCUT2D eigenvalue weighted by molar-refractivity contribution is 5.47. The fourth-order valence-corrected chi connectivity index (χ4v) is 3.23. The standard InChI is InChI=1S/C17H21N7O/c1-2-13-10-16(20-17(19-13)22-5-7-25-8-6-22)23-3-4-24-15(12-23)9-14(11-18)21-24/h9-10H,2-8,12H2,1H3. The lowest BCUT2D eigenvalue weighted by molar-refractivity contribution is 0.122. The average Bonchev–Trinajstić information content (AvgIpc) is 3.10. The van der Waals surface area contributed by atoms with E-state index in [4.69, 9.17) is 20.0 Å². The van der Waals surface area contributed by atoms with E-state index in [0.29, 0.717) is 12.2 Å². The number of aryl methyl sites for hydroxylation is 1. The Hall–Kier alpha value is -2.66. The number of fused-ring (bicyclic) bond motifs is 1. The van der Waals surface area contributed by atoms with Crippen LogP contribution in [0.1, 0.15) is 24.0 Å². The summed E-state index contributed by atoms with van der Waals surface area (Å²) in [4.78, 5) is 14.0. The number of aromatic nitrogens is 4. The van der Waals surface area contributed by atoms with Crippen LogP contribution in [0.25, 0.3) is 0 Å². The van der Waals surface area contributed by atoms with Crippen molar-refractivity contribution in [3.8, 4) is 6.07 Å². The fourth-order valence-electron chi connectivity index (χ4n) is 3.23. The molecule has 130 valence electrons. The molecule has 2 aromatic rings. The molecule has 1 fully saturated rings. The van der Waals surface area contributed by atoms with Crippen LogP contribution in [0.2, 0.25) is 0 Å². The molecule has 0 radical (unpaired) electrons. The minimum Gasteiger partial charge on any atom is -0.378 e. The highest BCUT2D eigenvalue weighted by atomic mass is 16.5. The van der Waals surface area contributed by atoms with Gasteiger partial charge in [0, 0.05) is 31.4 Å². The van der Waals surface area contributed by atoms with E-state index in [1.807, 2.05) is 10.7 Å². The average molecular weight is 339 g/mol. The van der Waals surface area contributed by atoms with E-state index in [1.165, 1.54) is 0 Å². The molecule has 8 heteroatoms. The summed E-state index contributed by atoms with van der Waals surface area (Å²) in [6.45, 7) is 7.48. The van der Waals surface area contributed by atoms with Crippen molar-refractivity contribution in [3.63, 3.8) is 0 Å². The number of nitriles is 1. The molecule has 4 rings (SSSR count). The summed E-state index contributed by atoms with van der Waals surface area (Å²) in [5, 5.41) is 13.3. The van der Waals surface area contributed by atoms with Gasteiger partial charge in [-0.05, 0) is 12.5 Å². The molecule has 0 bridgehead atoms. The van der Waals surface area contributed by atoms with Gasteiger partial charge in [-0.3, -0.25) is 4.68 Å². The van der Waals surface area contributed by atoms with Crippen molar-refractivity contribution < 1.29 is 4.74 Å². The largest absolute Gasteiger partial charge is 0.378 e. The van der Waals surface area contributed by atoms with Crippen LogP contribution >= 0.6 is 0 Å². The number of nitrogens with zero attached hydrogens (tertiary/aromatic N) is 7. The monoisotopic (exact) mass is 339 g/mol. The minimum absolute atomic E-state index is 0.475. The third kappa shape index (κ3) is 3.15. The van der Waals surface area contributed by atoms with Crippen LogP contribution in [0.3, 0.4) is 0 Å². The lowest BCUT2D eigenvalue weighted by atomic mass is 10.2. The summed E-state index contributed by atoms with van der Waals surface area (Å²) >= 11 is 0. The molecule has 0 aromatic carbocycles. The van der Waals surface area contributed by atoms with Crippen LogP contribution in [0.5, 0.6) is 0 Å². The lowest BCUT2D eigenvalue weighted by Crippen LogP contribution is -2.38. The molecule has 2 aromatic heterocycles. The summed E-state index contributed by atoms with van der Waals surface area (Å²) in [7, 11) is 0. The van der Waals surface area contributed by atoms with Crippen molar-refractivity contribution in [2.45, 2.75) is 26.4 Å². The first-order valence-electron chi connectivity index (χ1n) is 8.69. The molecule has 2 aliphatic heterocycles. The van der Waals surface area contributed by atoms with Gasteiger partial charge in [0.25, 0.3) is 0 Å². The number of anilines is 2. The maximum atomic E-state index is 9.04. The van der Waals surface area contributed by atoms with Crippen molar-refractivity contribution in [2.75, 3.05) is 42.6 Å². The topological polar surface area (TPSA) is 83.1 Å². The Labute approximate surface area is 146 Å². The molecule has 0 amide bonds. The second-order valence-electron chi connectivity index (χ2n) is 6.25. The highest BCUT2D eigenvalue weighted by Crippen LogP contribution is 2.23. The zero-order valence-electron chi connectivity index (χ0n) is 14.4. The van der Waals surface area contributed by atoms with Crippen LogP contribution in [0.15, 0.2) is 12.1 Å². The Balaban J connectivity index is 1.62. The number of morpholine rings is 1. The number of hydrogen-bond donors (Lipinski definition) is 0.